The van der Waals surface area contributed by atoms with Gasteiger partial charge in [0.2, 0.25) is 5.76 Å². The molecule has 2 heterocycles. The van der Waals surface area contributed by atoms with Gasteiger partial charge in [0.25, 0.3) is 5.78 Å². The summed E-state index contributed by atoms with van der Waals surface area (Å²) < 4.78 is 29.2. The quantitative estimate of drug-likeness (QED) is 0.444. The van der Waals surface area contributed by atoms with Gasteiger partial charge in [-0.15, -0.1) is 0 Å². The molecule has 0 aliphatic carbocycles. The van der Waals surface area contributed by atoms with E-state index in [-0.39, 0.29) is 24.0 Å². The van der Waals surface area contributed by atoms with Crippen molar-refractivity contribution in [2.45, 2.75) is 36.2 Å². The molecule has 0 spiro atoms. The molecule has 34 heavy (non-hydrogen) atoms. The molecule has 2 aliphatic rings. The number of carbonyl (C=O) groups is 2. The summed E-state index contributed by atoms with van der Waals surface area (Å²) in [7, 11) is 0.294. The highest BCUT2D eigenvalue weighted by Gasteiger charge is 2.52. The summed E-state index contributed by atoms with van der Waals surface area (Å²) in [5.74, 6) is 0.165. The van der Waals surface area contributed by atoms with Crippen LogP contribution < -0.4 is 4.90 Å². The number of methoxy groups -OCH3 is 1. The minimum Gasteiger partial charge on any atom is -0.489 e. The molecule has 1 fully saturated rings. The van der Waals surface area contributed by atoms with E-state index >= 15 is 0 Å². The van der Waals surface area contributed by atoms with Crippen LogP contribution in [0.4, 0.5) is 5.69 Å². The molecule has 0 saturated carbocycles. The van der Waals surface area contributed by atoms with Crippen LogP contribution in [-0.4, -0.2) is 70.1 Å². The number of likely N-dealkylation sites (N-methyl/N-ethyl adjacent to an activating group) is 1. The van der Waals surface area contributed by atoms with Crippen molar-refractivity contribution in [3.63, 3.8) is 0 Å². The second kappa shape index (κ2) is 9.35. The molecule has 0 amide bonds. The van der Waals surface area contributed by atoms with Crippen LogP contribution in [0.2, 0.25) is 0 Å². The van der Waals surface area contributed by atoms with Crippen molar-refractivity contribution in [2.24, 2.45) is 0 Å². The van der Waals surface area contributed by atoms with Gasteiger partial charge in [0, 0.05) is 43.4 Å². The number of carbonyl (C=O) groups excluding carboxylic acids is 2. The number of sulfone groups is 1. The Balaban J connectivity index is 1.50. The Morgan fingerprint density at radius 2 is 1.68 bits per heavy atom. The van der Waals surface area contributed by atoms with Crippen molar-refractivity contribution in [3.05, 3.63) is 72.1 Å². The Labute approximate surface area is 201 Å². The van der Waals surface area contributed by atoms with Crippen LogP contribution in [-0.2, 0) is 19.4 Å². The van der Waals surface area contributed by atoms with Gasteiger partial charge < -0.3 is 9.64 Å². The number of Topliss-reactive ketones (excluding diaryl/α,β-unsaturated/α-hetero) is 2. The summed E-state index contributed by atoms with van der Waals surface area (Å²) in [4.78, 5) is 28.7. The van der Waals surface area contributed by atoms with Crippen molar-refractivity contribution in [3.8, 4) is 0 Å². The van der Waals surface area contributed by atoms with Crippen LogP contribution in [0, 0.1) is 0 Å². The summed E-state index contributed by atoms with van der Waals surface area (Å²) in [5, 5.41) is 0. The molecule has 0 aromatic heterocycles. The van der Waals surface area contributed by atoms with Gasteiger partial charge in [-0.1, -0.05) is 30.3 Å². The number of nitrogens with zero attached hydrogens (tertiary/aromatic N) is 2. The number of benzene rings is 2. The molecule has 2 aliphatic heterocycles. The highest BCUT2D eigenvalue weighted by atomic mass is 32.2. The van der Waals surface area contributed by atoms with Gasteiger partial charge in [-0.05, 0) is 24.3 Å². The third-order valence-electron chi connectivity index (χ3n) is 7.19. The smallest absolute Gasteiger partial charge is 0.260 e. The van der Waals surface area contributed by atoms with Crippen molar-refractivity contribution >= 4 is 27.1 Å². The number of hydrogen-bond acceptors (Lipinski definition) is 6. The summed E-state index contributed by atoms with van der Waals surface area (Å²) in [6, 6.07) is 15.7. The monoisotopic (exact) mass is 483 g/mol. The Kier molecular flexibility index (Phi) is 6.64. The predicted molar refractivity (Wildman–Crippen MR) is 130 cm³/mol. The van der Waals surface area contributed by atoms with Gasteiger partial charge in [-0.25, -0.2) is 8.42 Å². The predicted octanol–water partition coefficient (Wildman–Crippen LogP) is 3.22. The Morgan fingerprint density at radius 3 is 2.24 bits per heavy atom. The van der Waals surface area contributed by atoms with Gasteiger partial charge in [-0.2, -0.15) is 0 Å². The van der Waals surface area contributed by atoms with Gasteiger partial charge in [-0.3, -0.25) is 14.1 Å². The topological polar surface area (TPSA) is 80.8 Å². The van der Waals surface area contributed by atoms with Crippen LogP contribution in [0.3, 0.4) is 0 Å². The normalized spacial score (nSPS) is 23.6. The Bertz CT molecular complexity index is 1200. The molecule has 1 saturated heterocycles. The van der Waals surface area contributed by atoms with E-state index in [9.17, 15) is 18.0 Å². The Hall–Kier alpha value is -2.97. The molecule has 8 heteroatoms. The number of ketones is 2. The van der Waals surface area contributed by atoms with Crippen molar-refractivity contribution < 1.29 is 27.2 Å². The van der Waals surface area contributed by atoms with E-state index in [1.807, 2.05) is 43.6 Å². The van der Waals surface area contributed by atoms with E-state index < -0.39 is 15.9 Å². The lowest BCUT2D eigenvalue weighted by molar-refractivity contribution is -0.897. The van der Waals surface area contributed by atoms with E-state index in [0.29, 0.717) is 20.7 Å². The fraction of sp³-hybridized carbons (Fsp3) is 0.385. The van der Waals surface area contributed by atoms with Crippen molar-refractivity contribution in [1.29, 1.82) is 0 Å². The minimum atomic E-state index is -3.23. The first-order valence-corrected chi connectivity index (χ1v) is 13.3. The SMILES string of the molecule is COC1=C[N+](C)(C2CCN(c3ccc(S(C)(=O)=O)cc3)CC2)C(CC(=O)c2ccccc2)C1=O. The zero-order valence-corrected chi connectivity index (χ0v) is 20.6. The maximum atomic E-state index is 13.1. The van der Waals surface area contributed by atoms with E-state index in [1.165, 1.54) is 13.4 Å². The molecule has 2 unspecified atom stereocenters. The number of quaternary nitrogens is 1. The van der Waals surface area contributed by atoms with Gasteiger partial charge >= 0.3 is 0 Å². The molecule has 2 atom stereocenters. The van der Waals surface area contributed by atoms with E-state index in [2.05, 4.69) is 4.90 Å². The van der Waals surface area contributed by atoms with Crippen LogP contribution in [0.25, 0.3) is 0 Å². The molecule has 0 N–H and O–H groups in total. The highest BCUT2D eigenvalue weighted by Crippen LogP contribution is 2.36. The van der Waals surface area contributed by atoms with E-state index in [0.717, 1.165) is 31.6 Å². The third-order valence-corrected chi connectivity index (χ3v) is 8.32. The van der Waals surface area contributed by atoms with Gasteiger partial charge in [0.15, 0.2) is 21.7 Å². The fourth-order valence-corrected chi connectivity index (χ4v) is 5.76. The summed E-state index contributed by atoms with van der Waals surface area (Å²) >= 11 is 0. The first-order valence-electron chi connectivity index (χ1n) is 11.4. The first kappa shape index (κ1) is 24.2. The van der Waals surface area contributed by atoms with E-state index in [4.69, 9.17) is 4.74 Å². The van der Waals surface area contributed by atoms with Crippen LogP contribution in [0.5, 0.6) is 0 Å². The molecule has 180 valence electrons. The first-order chi connectivity index (χ1) is 16.1. The van der Waals surface area contributed by atoms with Gasteiger partial charge in [0.05, 0.1) is 31.5 Å². The Morgan fingerprint density at radius 1 is 1.06 bits per heavy atom. The number of anilines is 1. The summed E-state index contributed by atoms with van der Waals surface area (Å²) in [5.41, 5.74) is 1.59. The molecule has 4 rings (SSSR count). The molecular formula is C26H31N2O5S+. The maximum absolute atomic E-state index is 13.1. The third kappa shape index (κ3) is 4.65. The lowest BCUT2D eigenvalue weighted by Crippen LogP contribution is -2.58. The summed E-state index contributed by atoms with van der Waals surface area (Å²) in [6.07, 6.45) is 4.89. The standard InChI is InChI=1S/C26H31N2O5S/c1-28(18-25(33-2)26(30)23(28)17-24(29)19-7-5-4-6-8-19)21-13-15-27(16-14-21)20-9-11-22(12-10-20)34(3,31)32/h4-12,18,21,23H,13-17H2,1-3H3/q+1. The minimum absolute atomic E-state index is 0.0440. The molecule has 0 radical (unpaired) electrons. The van der Waals surface area contributed by atoms with Crippen LogP contribution in [0.15, 0.2) is 71.5 Å². The fourth-order valence-electron chi connectivity index (χ4n) is 5.13. The van der Waals surface area contributed by atoms with Crippen LogP contribution in [0.1, 0.15) is 29.6 Å². The van der Waals surface area contributed by atoms with Crippen LogP contribution >= 0.6 is 0 Å². The summed E-state index contributed by atoms with van der Waals surface area (Å²) in [6.45, 7) is 1.56. The highest BCUT2D eigenvalue weighted by molar-refractivity contribution is 7.90. The van der Waals surface area contributed by atoms with Crippen molar-refractivity contribution in [2.75, 3.05) is 38.4 Å². The van der Waals surface area contributed by atoms with Crippen molar-refractivity contribution in [1.82, 2.24) is 0 Å². The molecular weight excluding hydrogens is 452 g/mol. The number of ether oxygens (including phenoxy) is 1. The second-order valence-corrected chi connectivity index (χ2v) is 11.3. The maximum Gasteiger partial charge on any atom is 0.260 e. The molecule has 0 bridgehead atoms. The second-order valence-electron chi connectivity index (χ2n) is 9.28. The zero-order chi connectivity index (χ0) is 24.5. The zero-order valence-electron chi connectivity index (χ0n) is 19.8. The molecule has 2 aromatic rings. The van der Waals surface area contributed by atoms with Gasteiger partial charge in [0.1, 0.15) is 6.20 Å². The average Bonchev–Trinajstić information content (AvgIpc) is 3.09. The lowest BCUT2D eigenvalue weighted by atomic mass is 9.94. The average molecular weight is 484 g/mol. The van der Waals surface area contributed by atoms with E-state index in [1.54, 1.807) is 24.3 Å². The largest absolute Gasteiger partial charge is 0.489 e. The lowest BCUT2D eigenvalue weighted by Gasteiger charge is -2.44. The molecule has 2 aromatic carbocycles. The number of hydrogen-bond donors (Lipinski definition) is 0. The number of rotatable bonds is 7. The number of piperidine rings is 1. The molecule has 7 nitrogen and oxygen atoms in total.